The minimum absolute atomic E-state index is 0.145. The molecule has 0 unspecified atom stereocenters. The summed E-state index contributed by atoms with van der Waals surface area (Å²) in [4.78, 5) is 13.7. The molecule has 2 rings (SSSR count). The summed E-state index contributed by atoms with van der Waals surface area (Å²) in [5, 5.41) is 9.22. The SMILES string of the molecule is O=c1[nH]ccn1Cc1cccc(O)c1. The Morgan fingerprint density at radius 2 is 2.29 bits per heavy atom. The van der Waals surface area contributed by atoms with Gasteiger partial charge in [-0.3, -0.25) is 4.57 Å². The highest BCUT2D eigenvalue weighted by atomic mass is 16.3. The molecule has 4 heteroatoms. The Bertz CT molecular complexity index is 485. The van der Waals surface area contributed by atoms with Gasteiger partial charge in [-0.15, -0.1) is 0 Å². The lowest BCUT2D eigenvalue weighted by atomic mass is 10.2. The van der Waals surface area contributed by atoms with Gasteiger partial charge in [0.05, 0.1) is 6.54 Å². The summed E-state index contributed by atoms with van der Waals surface area (Å²) in [7, 11) is 0. The van der Waals surface area contributed by atoms with Gasteiger partial charge in [0.15, 0.2) is 0 Å². The van der Waals surface area contributed by atoms with Crippen molar-refractivity contribution in [2.45, 2.75) is 6.54 Å². The second-order valence-corrected chi connectivity index (χ2v) is 3.06. The molecule has 0 aliphatic heterocycles. The summed E-state index contributed by atoms with van der Waals surface area (Å²) in [5.41, 5.74) is 0.750. The van der Waals surface area contributed by atoms with Gasteiger partial charge in [-0.2, -0.15) is 0 Å². The second-order valence-electron chi connectivity index (χ2n) is 3.06. The first kappa shape index (κ1) is 8.62. The summed E-state index contributed by atoms with van der Waals surface area (Å²) in [5.74, 6) is 0.214. The number of hydrogen-bond donors (Lipinski definition) is 2. The lowest BCUT2D eigenvalue weighted by molar-refractivity contribution is 0.474. The van der Waals surface area contributed by atoms with Crippen LogP contribution in [0, 0.1) is 0 Å². The smallest absolute Gasteiger partial charge is 0.325 e. The molecule has 0 atom stereocenters. The van der Waals surface area contributed by atoms with Crippen LogP contribution >= 0.6 is 0 Å². The highest BCUT2D eigenvalue weighted by Gasteiger charge is 1.98. The molecule has 0 aliphatic carbocycles. The quantitative estimate of drug-likeness (QED) is 0.740. The first-order valence-corrected chi connectivity index (χ1v) is 4.27. The third-order valence-corrected chi connectivity index (χ3v) is 1.99. The second kappa shape index (κ2) is 3.41. The highest BCUT2D eigenvalue weighted by molar-refractivity contribution is 5.27. The van der Waals surface area contributed by atoms with Crippen LogP contribution in [0.15, 0.2) is 41.5 Å². The molecule has 0 aliphatic rings. The van der Waals surface area contributed by atoms with Crippen molar-refractivity contribution < 1.29 is 5.11 Å². The number of aromatic nitrogens is 2. The molecule has 0 radical (unpaired) electrons. The third-order valence-electron chi connectivity index (χ3n) is 1.99. The molecule has 0 bridgehead atoms. The van der Waals surface area contributed by atoms with E-state index >= 15 is 0 Å². The van der Waals surface area contributed by atoms with Crippen molar-refractivity contribution in [3.05, 3.63) is 52.7 Å². The van der Waals surface area contributed by atoms with E-state index < -0.39 is 0 Å². The number of phenols is 1. The standard InChI is InChI=1S/C10H10N2O2/c13-9-3-1-2-8(6-9)7-12-5-4-11-10(12)14/h1-6,13H,7H2,(H,11,14). The molecule has 2 aromatic rings. The molecule has 1 aromatic heterocycles. The maximum absolute atomic E-state index is 11.2. The fourth-order valence-electron chi connectivity index (χ4n) is 1.33. The molecule has 14 heavy (non-hydrogen) atoms. The number of phenolic OH excluding ortho intramolecular Hbond substituents is 1. The van der Waals surface area contributed by atoms with Crippen molar-refractivity contribution in [2.24, 2.45) is 0 Å². The number of rotatable bonds is 2. The number of nitrogens with one attached hydrogen (secondary N) is 1. The fourth-order valence-corrected chi connectivity index (χ4v) is 1.33. The zero-order valence-corrected chi connectivity index (χ0v) is 7.47. The Morgan fingerprint density at radius 3 is 2.93 bits per heavy atom. The summed E-state index contributed by atoms with van der Waals surface area (Å²) >= 11 is 0. The van der Waals surface area contributed by atoms with Crippen LogP contribution in [0.2, 0.25) is 0 Å². The van der Waals surface area contributed by atoms with Gasteiger partial charge in [0, 0.05) is 12.4 Å². The van der Waals surface area contributed by atoms with Crippen molar-refractivity contribution in [3.63, 3.8) is 0 Å². The normalized spacial score (nSPS) is 10.3. The first-order valence-electron chi connectivity index (χ1n) is 4.27. The number of aromatic amines is 1. The Balaban J connectivity index is 2.27. The topological polar surface area (TPSA) is 58.0 Å². The summed E-state index contributed by atoms with van der Waals surface area (Å²) in [6.07, 6.45) is 3.26. The molecular weight excluding hydrogens is 180 g/mol. The molecule has 1 aromatic carbocycles. The molecule has 0 saturated heterocycles. The zero-order valence-electron chi connectivity index (χ0n) is 7.47. The predicted octanol–water partition coefficient (Wildman–Crippen LogP) is 0.930. The van der Waals surface area contributed by atoms with Crippen LogP contribution < -0.4 is 5.69 Å². The molecule has 0 fully saturated rings. The van der Waals surface area contributed by atoms with Gasteiger partial charge in [0.25, 0.3) is 0 Å². The molecule has 1 heterocycles. The lowest BCUT2D eigenvalue weighted by Crippen LogP contribution is -2.16. The molecule has 0 amide bonds. The Morgan fingerprint density at radius 1 is 1.43 bits per heavy atom. The fraction of sp³-hybridized carbons (Fsp3) is 0.100. The van der Waals surface area contributed by atoms with Crippen LogP contribution in [0.4, 0.5) is 0 Å². The zero-order chi connectivity index (χ0) is 9.97. The van der Waals surface area contributed by atoms with Crippen LogP contribution in [0.1, 0.15) is 5.56 Å². The van der Waals surface area contributed by atoms with Gasteiger partial charge >= 0.3 is 5.69 Å². The maximum Gasteiger partial charge on any atom is 0.325 e. The van der Waals surface area contributed by atoms with Crippen molar-refractivity contribution in [3.8, 4) is 5.75 Å². The van der Waals surface area contributed by atoms with E-state index in [1.807, 2.05) is 6.07 Å². The van der Waals surface area contributed by atoms with Crippen LogP contribution in [0.3, 0.4) is 0 Å². The van der Waals surface area contributed by atoms with Crippen LogP contribution in [-0.2, 0) is 6.54 Å². The Hall–Kier alpha value is -1.97. The number of benzene rings is 1. The van der Waals surface area contributed by atoms with Crippen molar-refractivity contribution in [2.75, 3.05) is 0 Å². The van der Waals surface area contributed by atoms with E-state index in [1.54, 1.807) is 30.6 Å². The number of imidazole rings is 1. The summed E-state index contributed by atoms with van der Waals surface area (Å²) in [6.45, 7) is 0.469. The van der Waals surface area contributed by atoms with Gasteiger partial charge in [-0.05, 0) is 17.7 Å². The summed E-state index contributed by atoms with van der Waals surface area (Å²) in [6, 6.07) is 6.85. The predicted molar refractivity (Wildman–Crippen MR) is 52.3 cm³/mol. The molecule has 0 saturated carbocycles. The molecular formula is C10H10N2O2. The van der Waals surface area contributed by atoms with Gasteiger partial charge in [0.2, 0.25) is 0 Å². The Kier molecular flexibility index (Phi) is 2.10. The van der Waals surface area contributed by atoms with Crippen LogP contribution in [0.25, 0.3) is 0 Å². The number of aromatic hydroxyl groups is 1. The van der Waals surface area contributed by atoms with Crippen LogP contribution in [-0.4, -0.2) is 14.7 Å². The lowest BCUT2D eigenvalue weighted by Gasteiger charge is -2.01. The Labute approximate surface area is 80.4 Å². The van der Waals surface area contributed by atoms with Crippen molar-refractivity contribution >= 4 is 0 Å². The third kappa shape index (κ3) is 1.69. The minimum Gasteiger partial charge on any atom is -0.508 e. The number of H-pyrrole nitrogens is 1. The monoisotopic (exact) mass is 190 g/mol. The van der Waals surface area contributed by atoms with E-state index in [1.165, 1.54) is 4.57 Å². The largest absolute Gasteiger partial charge is 0.508 e. The number of hydrogen-bond acceptors (Lipinski definition) is 2. The van der Waals surface area contributed by atoms with E-state index in [9.17, 15) is 9.90 Å². The van der Waals surface area contributed by atoms with Crippen LogP contribution in [0.5, 0.6) is 5.75 Å². The minimum atomic E-state index is -0.145. The van der Waals surface area contributed by atoms with E-state index in [0.29, 0.717) is 6.54 Å². The van der Waals surface area contributed by atoms with Gasteiger partial charge in [-0.25, -0.2) is 4.79 Å². The molecule has 4 nitrogen and oxygen atoms in total. The van der Waals surface area contributed by atoms with Gasteiger partial charge in [0.1, 0.15) is 5.75 Å². The first-order chi connectivity index (χ1) is 6.75. The van der Waals surface area contributed by atoms with E-state index in [-0.39, 0.29) is 11.4 Å². The number of nitrogens with zero attached hydrogens (tertiary/aromatic N) is 1. The average molecular weight is 190 g/mol. The molecule has 72 valence electrons. The molecule has 2 N–H and O–H groups in total. The van der Waals surface area contributed by atoms with E-state index in [2.05, 4.69) is 4.98 Å². The van der Waals surface area contributed by atoms with Gasteiger partial charge < -0.3 is 10.1 Å². The van der Waals surface area contributed by atoms with Crippen molar-refractivity contribution in [1.82, 2.24) is 9.55 Å². The maximum atomic E-state index is 11.2. The molecule has 0 spiro atoms. The highest BCUT2D eigenvalue weighted by Crippen LogP contribution is 2.11. The van der Waals surface area contributed by atoms with E-state index in [0.717, 1.165) is 5.56 Å². The van der Waals surface area contributed by atoms with Gasteiger partial charge in [-0.1, -0.05) is 12.1 Å². The summed E-state index contributed by atoms with van der Waals surface area (Å²) < 4.78 is 1.54. The van der Waals surface area contributed by atoms with Crippen molar-refractivity contribution in [1.29, 1.82) is 0 Å². The average Bonchev–Trinajstić information content (AvgIpc) is 2.52. The van der Waals surface area contributed by atoms with E-state index in [4.69, 9.17) is 0 Å².